The molecule has 0 aliphatic carbocycles. The second kappa shape index (κ2) is 8.29. The molecule has 24 heavy (non-hydrogen) atoms. The molecule has 0 saturated heterocycles. The van der Waals surface area contributed by atoms with Crippen molar-refractivity contribution < 1.29 is 19.2 Å². The van der Waals surface area contributed by atoms with Gasteiger partial charge in [0.05, 0.1) is 19.6 Å². The standard InChI is InChI=1S/C18H21NO5/c1-13(18(20)24-10-4-3-9-19(21)22)14-5-6-16-12-17(23-2)8-7-15(16)11-14/h5-8,11-13H,3-4,9-10H2,1-2H3/t13-/m0/s1. The first-order valence-electron chi connectivity index (χ1n) is 7.87. The van der Waals surface area contributed by atoms with Crippen molar-refractivity contribution in [3.05, 3.63) is 52.1 Å². The van der Waals surface area contributed by atoms with Crippen molar-refractivity contribution in [2.45, 2.75) is 25.7 Å². The predicted molar refractivity (Wildman–Crippen MR) is 91.0 cm³/mol. The van der Waals surface area contributed by atoms with Crippen molar-refractivity contribution >= 4 is 16.7 Å². The SMILES string of the molecule is COc1ccc2cc([C@H](C)C(=O)OCCCC[N+](=O)[O-])ccc2c1. The average molecular weight is 331 g/mol. The Morgan fingerprint density at radius 1 is 1.17 bits per heavy atom. The molecule has 0 bridgehead atoms. The first kappa shape index (κ1) is 17.7. The lowest BCUT2D eigenvalue weighted by Gasteiger charge is -2.13. The minimum atomic E-state index is -0.382. The van der Waals surface area contributed by atoms with Gasteiger partial charge in [0.2, 0.25) is 6.54 Å². The van der Waals surface area contributed by atoms with Crippen molar-refractivity contribution in [1.29, 1.82) is 0 Å². The molecule has 6 nitrogen and oxygen atoms in total. The van der Waals surface area contributed by atoms with Crippen LogP contribution in [-0.4, -0.2) is 31.2 Å². The fourth-order valence-electron chi connectivity index (χ4n) is 2.42. The van der Waals surface area contributed by atoms with Crippen LogP contribution in [0.25, 0.3) is 10.8 Å². The van der Waals surface area contributed by atoms with E-state index in [1.54, 1.807) is 14.0 Å². The Morgan fingerprint density at radius 2 is 1.88 bits per heavy atom. The minimum absolute atomic E-state index is 0.0960. The maximum atomic E-state index is 12.1. The summed E-state index contributed by atoms with van der Waals surface area (Å²) in [5.41, 5.74) is 0.878. The third-order valence-corrected chi connectivity index (χ3v) is 3.90. The summed E-state index contributed by atoms with van der Waals surface area (Å²) >= 11 is 0. The second-order valence-electron chi connectivity index (χ2n) is 5.63. The van der Waals surface area contributed by atoms with Crippen molar-refractivity contribution in [2.75, 3.05) is 20.3 Å². The molecule has 0 fully saturated rings. The molecule has 0 saturated carbocycles. The van der Waals surface area contributed by atoms with E-state index in [1.807, 2.05) is 36.4 Å². The zero-order chi connectivity index (χ0) is 17.5. The number of rotatable bonds is 8. The van der Waals surface area contributed by atoms with Gasteiger partial charge in [-0.1, -0.05) is 24.3 Å². The summed E-state index contributed by atoms with van der Waals surface area (Å²) in [5, 5.41) is 12.3. The van der Waals surface area contributed by atoms with Gasteiger partial charge in [0.25, 0.3) is 0 Å². The van der Waals surface area contributed by atoms with Crippen LogP contribution in [0.2, 0.25) is 0 Å². The van der Waals surface area contributed by atoms with E-state index in [2.05, 4.69) is 0 Å². The van der Waals surface area contributed by atoms with E-state index < -0.39 is 0 Å². The van der Waals surface area contributed by atoms with Crippen LogP contribution >= 0.6 is 0 Å². The van der Waals surface area contributed by atoms with Crippen LogP contribution in [0.1, 0.15) is 31.2 Å². The third kappa shape index (κ3) is 4.68. The molecule has 0 unspecified atom stereocenters. The number of esters is 1. The van der Waals surface area contributed by atoms with E-state index in [0.717, 1.165) is 22.1 Å². The summed E-state index contributed by atoms with van der Waals surface area (Å²) in [7, 11) is 1.62. The van der Waals surface area contributed by atoms with Crippen molar-refractivity contribution in [3.8, 4) is 5.75 Å². The molecule has 0 spiro atoms. The van der Waals surface area contributed by atoms with Gasteiger partial charge < -0.3 is 9.47 Å². The van der Waals surface area contributed by atoms with Gasteiger partial charge in [-0.25, -0.2) is 0 Å². The molecular formula is C18H21NO5. The highest BCUT2D eigenvalue weighted by Gasteiger charge is 2.17. The van der Waals surface area contributed by atoms with E-state index in [4.69, 9.17) is 9.47 Å². The number of benzene rings is 2. The first-order chi connectivity index (χ1) is 11.5. The van der Waals surface area contributed by atoms with Gasteiger partial charge in [-0.15, -0.1) is 0 Å². The van der Waals surface area contributed by atoms with E-state index in [9.17, 15) is 14.9 Å². The van der Waals surface area contributed by atoms with Gasteiger partial charge >= 0.3 is 5.97 Å². The van der Waals surface area contributed by atoms with Gasteiger partial charge in [-0.2, -0.15) is 0 Å². The molecule has 6 heteroatoms. The van der Waals surface area contributed by atoms with Gasteiger partial charge in [-0.05, 0) is 41.8 Å². The van der Waals surface area contributed by atoms with Crippen LogP contribution in [0, 0.1) is 10.1 Å². The monoisotopic (exact) mass is 331 g/mol. The average Bonchev–Trinajstić information content (AvgIpc) is 2.59. The molecule has 1 atom stereocenters. The van der Waals surface area contributed by atoms with Crippen molar-refractivity contribution in [3.63, 3.8) is 0 Å². The molecule has 0 aliphatic rings. The largest absolute Gasteiger partial charge is 0.497 e. The Balaban J connectivity index is 1.95. The van der Waals surface area contributed by atoms with Crippen LogP contribution in [0.4, 0.5) is 0 Å². The lowest BCUT2D eigenvalue weighted by molar-refractivity contribution is -0.480. The molecule has 0 amide bonds. The number of methoxy groups -OCH3 is 1. The molecule has 0 radical (unpaired) electrons. The lowest BCUT2D eigenvalue weighted by Crippen LogP contribution is -2.14. The highest BCUT2D eigenvalue weighted by atomic mass is 16.6. The zero-order valence-electron chi connectivity index (χ0n) is 13.9. The van der Waals surface area contributed by atoms with Crippen LogP contribution in [0.15, 0.2) is 36.4 Å². The first-order valence-corrected chi connectivity index (χ1v) is 7.87. The number of nitrogens with zero attached hydrogens (tertiary/aromatic N) is 1. The molecule has 2 aromatic carbocycles. The number of unbranched alkanes of at least 4 members (excludes halogenated alkanes) is 1. The van der Waals surface area contributed by atoms with Crippen LogP contribution in [0.5, 0.6) is 5.75 Å². The molecule has 0 heterocycles. The number of fused-ring (bicyclic) bond motifs is 1. The van der Waals surface area contributed by atoms with Gasteiger partial charge in [0, 0.05) is 11.3 Å². The Bertz CT molecular complexity index is 728. The summed E-state index contributed by atoms with van der Waals surface area (Å²) in [5.74, 6) is 0.0911. The summed E-state index contributed by atoms with van der Waals surface area (Å²) in [4.78, 5) is 22.0. The van der Waals surface area contributed by atoms with E-state index >= 15 is 0 Å². The fraction of sp³-hybridized carbons (Fsp3) is 0.389. The predicted octanol–water partition coefficient (Wildman–Crippen LogP) is 3.55. The molecule has 0 aliphatic heterocycles. The number of carbonyl (C=O) groups is 1. The quantitative estimate of drug-likeness (QED) is 0.320. The van der Waals surface area contributed by atoms with E-state index in [0.29, 0.717) is 12.8 Å². The minimum Gasteiger partial charge on any atom is -0.497 e. The Hall–Kier alpha value is -2.63. The van der Waals surface area contributed by atoms with Crippen LogP contribution in [-0.2, 0) is 9.53 Å². The molecule has 0 N–H and O–H groups in total. The fourth-order valence-corrected chi connectivity index (χ4v) is 2.42. The molecule has 128 valence electrons. The summed E-state index contributed by atoms with van der Waals surface area (Å²) in [6.45, 7) is 1.91. The number of nitro groups is 1. The summed E-state index contributed by atoms with van der Waals surface area (Å²) in [6, 6.07) is 11.6. The number of ether oxygens (including phenoxy) is 2. The van der Waals surface area contributed by atoms with E-state index in [-0.39, 0.29) is 30.0 Å². The maximum absolute atomic E-state index is 12.1. The molecular weight excluding hydrogens is 310 g/mol. The third-order valence-electron chi connectivity index (χ3n) is 3.90. The highest BCUT2D eigenvalue weighted by Crippen LogP contribution is 2.25. The van der Waals surface area contributed by atoms with Crippen LogP contribution < -0.4 is 4.74 Å². The maximum Gasteiger partial charge on any atom is 0.313 e. The van der Waals surface area contributed by atoms with Crippen molar-refractivity contribution in [1.82, 2.24) is 0 Å². The highest BCUT2D eigenvalue weighted by molar-refractivity contribution is 5.86. The molecule has 2 aromatic rings. The smallest absolute Gasteiger partial charge is 0.313 e. The van der Waals surface area contributed by atoms with Gasteiger partial charge in [-0.3, -0.25) is 14.9 Å². The lowest BCUT2D eigenvalue weighted by atomic mass is 9.98. The Labute approximate surface area is 140 Å². The topological polar surface area (TPSA) is 78.7 Å². The summed E-state index contributed by atoms with van der Waals surface area (Å²) in [6.07, 6.45) is 0.906. The molecule has 0 aromatic heterocycles. The van der Waals surface area contributed by atoms with Crippen molar-refractivity contribution in [2.24, 2.45) is 0 Å². The Kier molecular flexibility index (Phi) is 6.12. The number of hydrogen-bond donors (Lipinski definition) is 0. The zero-order valence-corrected chi connectivity index (χ0v) is 13.9. The normalized spacial score (nSPS) is 11.9. The van der Waals surface area contributed by atoms with Gasteiger partial charge in [0.15, 0.2) is 0 Å². The number of hydrogen-bond acceptors (Lipinski definition) is 5. The number of carbonyl (C=O) groups excluding carboxylic acids is 1. The van der Waals surface area contributed by atoms with E-state index in [1.165, 1.54) is 0 Å². The molecule has 2 rings (SSSR count). The summed E-state index contributed by atoms with van der Waals surface area (Å²) < 4.78 is 10.4. The van der Waals surface area contributed by atoms with Crippen LogP contribution in [0.3, 0.4) is 0 Å². The second-order valence-corrected chi connectivity index (χ2v) is 5.63. The van der Waals surface area contributed by atoms with Gasteiger partial charge in [0.1, 0.15) is 5.75 Å². The Morgan fingerprint density at radius 3 is 2.58 bits per heavy atom.